The predicted octanol–water partition coefficient (Wildman–Crippen LogP) is 2.16. The van der Waals surface area contributed by atoms with Crippen molar-refractivity contribution in [2.24, 2.45) is 0 Å². The molecule has 0 bridgehead atoms. The van der Waals surface area contributed by atoms with Crippen LogP contribution >= 0.6 is 0 Å². The fraction of sp³-hybridized carbons (Fsp3) is 0.250. The summed E-state index contributed by atoms with van der Waals surface area (Å²) in [5.41, 5.74) is 2.15. The van der Waals surface area contributed by atoms with Crippen LogP contribution in [0.2, 0.25) is 0 Å². The molecule has 0 saturated heterocycles. The molecule has 72 valence electrons. The van der Waals surface area contributed by atoms with E-state index in [9.17, 15) is 5.11 Å². The summed E-state index contributed by atoms with van der Waals surface area (Å²) in [5, 5.41) is 10.4. The summed E-state index contributed by atoms with van der Waals surface area (Å²) in [6.45, 7) is 1.80. The highest BCUT2D eigenvalue weighted by Gasteiger charge is 2.00. The van der Waals surface area contributed by atoms with Gasteiger partial charge in [-0.1, -0.05) is 12.1 Å². The number of rotatable bonds is 2. The van der Waals surface area contributed by atoms with Crippen LogP contribution in [0.5, 0.6) is 0 Å². The molecule has 0 spiro atoms. The van der Waals surface area contributed by atoms with E-state index >= 15 is 0 Å². The molecule has 0 aliphatic carbocycles. The summed E-state index contributed by atoms with van der Waals surface area (Å²) in [6, 6.07) is 10.0. The van der Waals surface area contributed by atoms with E-state index < -0.39 is 0 Å². The Morgan fingerprint density at radius 3 is 3.00 bits per heavy atom. The first-order chi connectivity index (χ1) is 6.75. The monoisotopic (exact) mass is 187 g/mol. The van der Waals surface area contributed by atoms with Crippen molar-refractivity contribution < 1.29 is 5.11 Å². The standard InChI is InChI=1S/C12H13NO/c1-9(14)7-10-4-5-12-11(8-10)3-2-6-13-12/h2-6,8-9,14H,7H2,1H3/t9-/m1/s1. The zero-order chi connectivity index (χ0) is 9.97. The van der Waals surface area contributed by atoms with E-state index in [1.165, 1.54) is 0 Å². The normalized spacial score (nSPS) is 13.0. The quantitative estimate of drug-likeness (QED) is 0.781. The number of benzene rings is 1. The molecule has 1 aromatic carbocycles. The molecule has 0 unspecified atom stereocenters. The van der Waals surface area contributed by atoms with Crippen LogP contribution < -0.4 is 0 Å². The van der Waals surface area contributed by atoms with Crippen molar-refractivity contribution in [3.8, 4) is 0 Å². The van der Waals surface area contributed by atoms with Gasteiger partial charge in [0.1, 0.15) is 0 Å². The fourth-order valence-electron chi connectivity index (χ4n) is 1.59. The maximum absolute atomic E-state index is 9.26. The minimum Gasteiger partial charge on any atom is -0.393 e. The second-order valence-corrected chi connectivity index (χ2v) is 3.58. The fourth-order valence-corrected chi connectivity index (χ4v) is 1.59. The number of nitrogens with zero attached hydrogens (tertiary/aromatic N) is 1. The molecule has 0 saturated carbocycles. The first-order valence-corrected chi connectivity index (χ1v) is 4.77. The van der Waals surface area contributed by atoms with Gasteiger partial charge < -0.3 is 5.11 Å². The molecule has 2 heteroatoms. The summed E-state index contributed by atoms with van der Waals surface area (Å²) in [4.78, 5) is 4.24. The largest absolute Gasteiger partial charge is 0.393 e. The topological polar surface area (TPSA) is 33.1 Å². The number of aliphatic hydroxyl groups is 1. The number of pyridine rings is 1. The van der Waals surface area contributed by atoms with Crippen LogP contribution in [0.3, 0.4) is 0 Å². The highest BCUT2D eigenvalue weighted by atomic mass is 16.3. The molecular weight excluding hydrogens is 174 g/mol. The average molecular weight is 187 g/mol. The van der Waals surface area contributed by atoms with Crippen LogP contribution in [-0.4, -0.2) is 16.2 Å². The van der Waals surface area contributed by atoms with Gasteiger partial charge in [-0.2, -0.15) is 0 Å². The van der Waals surface area contributed by atoms with Gasteiger partial charge in [-0.25, -0.2) is 0 Å². The zero-order valence-electron chi connectivity index (χ0n) is 8.14. The lowest BCUT2D eigenvalue weighted by Crippen LogP contribution is -2.03. The van der Waals surface area contributed by atoms with Crippen LogP contribution in [0.1, 0.15) is 12.5 Å². The molecule has 1 N–H and O–H groups in total. The first kappa shape index (κ1) is 9.16. The van der Waals surface area contributed by atoms with Gasteiger partial charge in [-0.15, -0.1) is 0 Å². The third-order valence-corrected chi connectivity index (χ3v) is 2.20. The summed E-state index contributed by atoms with van der Waals surface area (Å²) < 4.78 is 0. The minimum atomic E-state index is -0.288. The number of hydrogen-bond acceptors (Lipinski definition) is 2. The molecule has 2 aromatic rings. The Kier molecular flexibility index (Phi) is 2.46. The molecule has 0 aliphatic rings. The summed E-state index contributed by atoms with van der Waals surface area (Å²) in [5.74, 6) is 0. The molecule has 2 rings (SSSR count). The van der Waals surface area contributed by atoms with E-state index in [-0.39, 0.29) is 6.10 Å². The Morgan fingerprint density at radius 2 is 2.21 bits per heavy atom. The van der Waals surface area contributed by atoms with E-state index in [2.05, 4.69) is 11.1 Å². The Hall–Kier alpha value is -1.41. The molecular formula is C12H13NO. The molecule has 0 amide bonds. The molecule has 1 atom stereocenters. The van der Waals surface area contributed by atoms with Crippen molar-refractivity contribution in [1.29, 1.82) is 0 Å². The number of aliphatic hydroxyl groups excluding tert-OH is 1. The van der Waals surface area contributed by atoms with Crippen LogP contribution in [0.25, 0.3) is 10.9 Å². The van der Waals surface area contributed by atoms with Gasteiger partial charge in [0.25, 0.3) is 0 Å². The molecule has 1 aromatic heterocycles. The van der Waals surface area contributed by atoms with E-state index in [0.717, 1.165) is 16.5 Å². The summed E-state index contributed by atoms with van der Waals surface area (Å²) in [7, 11) is 0. The second-order valence-electron chi connectivity index (χ2n) is 3.58. The highest BCUT2D eigenvalue weighted by Crippen LogP contribution is 2.14. The molecule has 0 fully saturated rings. The third kappa shape index (κ3) is 1.91. The Balaban J connectivity index is 2.41. The van der Waals surface area contributed by atoms with Crippen LogP contribution in [0, 0.1) is 0 Å². The summed E-state index contributed by atoms with van der Waals surface area (Å²) >= 11 is 0. The van der Waals surface area contributed by atoms with Crippen molar-refractivity contribution in [3.63, 3.8) is 0 Å². The van der Waals surface area contributed by atoms with E-state index in [4.69, 9.17) is 0 Å². The van der Waals surface area contributed by atoms with Crippen molar-refractivity contribution in [2.45, 2.75) is 19.4 Å². The number of fused-ring (bicyclic) bond motifs is 1. The van der Waals surface area contributed by atoms with E-state index in [1.54, 1.807) is 13.1 Å². The number of aromatic nitrogens is 1. The predicted molar refractivity (Wildman–Crippen MR) is 57.1 cm³/mol. The van der Waals surface area contributed by atoms with Gasteiger partial charge in [0.05, 0.1) is 11.6 Å². The van der Waals surface area contributed by atoms with Gasteiger partial charge in [0.2, 0.25) is 0 Å². The maximum atomic E-state index is 9.26. The van der Waals surface area contributed by atoms with Gasteiger partial charge in [-0.3, -0.25) is 4.98 Å². The Bertz CT molecular complexity index is 437. The number of hydrogen-bond donors (Lipinski definition) is 1. The smallest absolute Gasteiger partial charge is 0.0702 e. The van der Waals surface area contributed by atoms with E-state index in [1.807, 2.05) is 24.3 Å². The molecule has 1 heterocycles. The first-order valence-electron chi connectivity index (χ1n) is 4.77. The van der Waals surface area contributed by atoms with Gasteiger partial charge in [-0.05, 0) is 37.1 Å². The highest BCUT2D eigenvalue weighted by molar-refractivity contribution is 5.78. The lowest BCUT2D eigenvalue weighted by atomic mass is 10.1. The molecule has 0 radical (unpaired) electrons. The van der Waals surface area contributed by atoms with E-state index in [0.29, 0.717) is 6.42 Å². The van der Waals surface area contributed by atoms with Crippen LogP contribution in [0.4, 0.5) is 0 Å². The van der Waals surface area contributed by atoms with Gasteiger partial charge in [0, 0.05) is 11.6 Å². The average Bonchev–Trinajstić information content (AvgIpc) is 2.17. The Morgan fingerprint density at radius 1 is 1.36 bits per heavy atom. The SMILES string of the molecule is C[C@@H](O)Cc1ccc2ncccc2c1. The second kappa shape index (κ2) is 3.76. The van der Waals surface area contributed by atoms with Crippen molar-refractivity contribution in [3.05, 3.63) is 42.1 Å². The van der Waals surface area contributed by atoms with Crippen molar-refractivity contribution >= 4 is 10.9 Å². The molecule has 14 heavy (non-hydrogen) atoms. The minimum absolute atomic E-state index is 0.288. The Labute approximate surface area is 83.2 Å². The third-order valence-electron chi connectivity index (χ3n) is 2.20. The zero-order valence-corrected chi connectivity index (χ0v) is 8.14. The lowest BCUT2D eigenvalue weighted by molar-refractivity contribution is 0.195. The molecule has 0 aliphatic heterocycles. The van der Waals surface area contributed by atoms with Crippen LogP contribution in [-0.2, 0) is 6.42 Å². The summed E-state index contributed by atoms with van der Waals surface area (Å²) in [6.07, 6.45) is 2.20. The van der Waals surface area contributed by atoms with Crippen molar-refractivity contribution in [1.82, 2.24) is 4.98 Å². The molecule has 2 nitrogen and oxygen atoms in total. The van der Waals surface area contributed by atoms with Crippen LogP contribution in [0.15, 0.2) is 36.5 Å². The van der Waals surface area contributed by atoms with Crippen molar-refractivity contribution in [2.75, 3.05) is 0 Å². The maximum Gasteiger partial charge on any atom is 0.0702 e. The van der Waals surface area contributed by atoms with Gasteiger partial charge in [0.15, 0.2) is 0 Å². The van der Waals surface area contributed by atoms with Gasteiger partial charge >= 0.3 is 0 Å². The lowest BCUT2D eigenvalue weighted by Gasteiger charge is -2.05.